The molecule has 0 bridgehead atoms. The zero-order valence-corrected chi connectivity index (χ0v) is 11.1. The minimum atomic E-state index is -0.322. The van der Waals surface area contributed by atoms with Crippen molar-refractivity contribution in [1.29, 1.82) is 0 Å². The fraction of sp³-hybridized carbons (Fsp3) is 0.111. The van der Waals surface area contributed by atoms with Crippen LogP contribution in [0.2, 0.25) is 0 Å². The number of rotatable bonds is 3. The number of benzene rings is 3. The third-order valence-corrected chi connectivity index (χ3v) is 3.57. The Hall–Kier alpha value is -2.19. The van der Waals surface area contributed by atoms with Gasteiger partial charge in [-0.2, -0.15) is 0 Å². The second-order valence-corrected chi connectivity index (χ2v) is 5.01. The summed E-state index contributed by atoms with van der Waals surface area (Å²) >= 11 is 0. The molecule has 3 aromatic carbocycles. The molecule has 0 saturated heterocycles. The van der Waals surface area contributed by atoms with Crippen LogP contribution in [0.25, 0.3) is 10.8 Å². The van der Waals surface area contributed by atoms with Crippen molar-refractivity contribution >= 4 is 10.8 Å². The predicted octanol–water partition coefficient (Wildman–Crippen LogP) is 4.22. The van der Waals surface area contributed by atoms with Crippen LogP contribution in [0.15, 0.2) is 66.7 Å². The number of halogens is 1. The van der Waals surface area contributed by atoms with Crippen molar-refractivity contribution in [1.82, 2.24) is 0 Å². The van der Waals surface area contributed by atoms with E-state index < -0.39 is 0 Å². The van der Waals surface area contributed by atoms with Gasteiger partial charge in [0.1, 0.15) is 5.82 Å². The van der Waals surface area contributed by atoms with Crippen molar-refractivity contribution in [2.75, 3.05) is 0 Å². The van der Waals surface area contributed by atoms with Crippen LogP contribution in [0, 0.1) is 5.82 Å². The van der Waals surface area contributed by atoms with E-state index in [1.165, 1.54) is 16.8 Å². The minimum Gasteiger partial charge on any atom is -0.324 e. The zero-order chi connectivity index (χ0) is 13.9. The van der Waals surface area contributed by atoms with E-state index in [-0.39, 0.29) is 11.9 Å². The molecule has 1 atom stereocenters. The maximum Gasteiger partial charge on any atom is 0.127 e. The SMILES string of the molecule is NC(Cc1ccc2ccccc2c1)c1ccccc1F. The van der Waals surface area contributed by atoms with E-state index in [4.69, 9.17) is 5.73 Å². The quantitative estimate of drug-likeness (QED) is 0.753. The van der Waals surface area contributed by atoms with Gasteiger partial charge in [0.2, 0.25) is 0 Å². The molecular formula is C18H16FN. The van der Waals surface area contributed by atoms with Gasteiger partial charge in [0.25, 0.3) is 0 Å². The molecule has 0 radical (unpaired) electrons. The summed E-state index contributed by atoms with van der Waals surface area (Å²) in [6.07, 6.45) is 0.631. The first kappa shape index (κ1) is 12.8. The fourth-order valence-electron chi connectivity index (χ4n) is 2.51. The number of fused-ring (bicyclic) bond motifs is 1. The van der Waals surface area contributed by atoms with Gasteiger partial charge in [0, 0.05) is 11.6 Å². The molecule has 100 valence electrons. The third kappa shape index (κ3) is 2.56. The molecule has 0 amide bonds. The maximum absolute atomic E-state index is 13.7. The Labute approximate surface area is 117 Å². The van der Waals surface area contributed by atoms with Gasteiger partial charge in [-0.3, -0.25) is 0 Å². The molecule has 0 heterocycles. The van der Waals surface area contributed by atoms with Crippen LogP contribution >= 0.6 is 0 Å². The van der Waals surface area contributed by atoms with Crippen LogP contribution < -0.4 is 5.73 Å². The Morgan fingerprint density at radius 1 is 0.850 bits per heavy atom. The first-order valence-corrected chi connectivity index (χ1v) is 6.72. The lowest BCUT2D eigenvalue weighted by molar-refractivity contribution is 0.580. The number of hydrogen-bond donors (Lipinski definition) is 1. The van der Waals surface area contributed by atoms with Crippen LogP contribution in [-0.4, -0.2) is 0 Å². The van der Waals surface area contributed by atoms with Crippen molar-refractivity contribution in [2.45, 2.75) is 12.5 Å². The van der Waals surface area contributed by atoms with E-state index in [1.54, 1.807) is 12.1 Å². The number of hydrogen-bond acceptors (Lipinski definition) is 1. The Balaban J connectivity index is 1.87. The predicted molar refractivity (Wildman–Crippen MR) is 81.0 cm³/mol. The van der Waals surface area contributed by atoms with Gasteiger partial charge >= 0.3 is 0 Å². The molecule has 20 heavy (non-hydrogen) atoms. The van der Waals surface area contributed by atoms with Gasteiger partial charge in [-0.25, -0.2) is 4.39 Å². The average molecular weight is 265 g/mol. The minimum absolute atomic E-state index is 0.235. The fourth-order valence-corrected chi connectivity index (χ4v) is 2.51. The Morgan fingerprint density at radius 2 is 1.55 bits per heavy atom. The van der Waals surface area contributed by atoms with Crippen LogP contribution in [0.5, 0.6) is 0 Å². The molecular weight excluding hydrogens is 249 g/mol. The van der Waals surface area contributed by atoms with Crippen molar-refractivity contribution in [2.24, 2.45) is 5.73 Å². The van der Waals surface area contributed by atoms with Gasteiger partial charge in [0.15, 0.2) is 0 Å². The molecule has 2 N–H and O–H groups in total. The van der Waals surface area contributed by atoms with Gasteiger partial charge < -0.3 is 5.73 Å². The Morgan fingerprint density at radius 3 is 2.35 bits per heavy atom. The molecule has 1 unspecified atom stereocenters. The molecule has 0 spiro atoms. The summed E-state index contributed by atoms with van der Waals surface area (Å²) in [7, 11) is 0. The highest BCUT2D eigenvalue weighted by Gasteiger charge is 2.11. The van der Waals surface area contributed by atoms with Crippen molar-refractivity contribution in [3.63, 3.8) is 0 Å². The van der Waals surface area contributed by atoms with Crippen LogP contribution in [-0.2, 0) is 6.42 Å². The van der Waals surface area contributed by atoms with Crippen LogP contribution in [0.4, 0.5) is 4.39 Å². The summed E-state index contributed by atoms with van der Waals surface area (Å²) in [6, 6.07) is 20.8. The largest absolute Gasteiger partial charge is 0.324 e. The molecule has 1 nitrogen and oxygen atoms in total. The molecule has 0 aliphatic carbocycles. The van der Waals surface area contributed by atoms with Crippen molar-refractivity contribution in [3.05, 3.63) is 83.7 Å². The van der Waals surface area contributed by atoms with Crippen LogP contribution in [0.3, 0.4) is 0 Å². The van der Waals surface area contributed by atoms with Gasteiger partial charge in [-0.05, 0) is 28.8 Å². The van der Waals surface area contributed by atoms with E-state index in [9.17, 15) is 4.39 Å². The van der Waals surface area contributed by atoms with Crippen LogP contribution in [0.1, 0.15) is 17.2 Å². The average Bonchev–Trinajstić information content (AvgIpc) is 2.47. The molecule has 3 rings (SSSR count). The highest BCUT2D eigenvalue weighted by molar-refractivity contribution is 5.83. The second kappa shape index (κ2) is 5.43. The summed E-state index contributed by atoms with van der Waals surface area (Å²) < 4.78 is 13.7. The lowest BCUT2D eigenvalue weighted by Gasteiger charge is -2.13. The Kier molecular flexibility index (Phi) is 3.48. The lowest BCUT2D eigenvalue weighted by atomic mass is 9.97. The molecule has 0 aliphatic heterocycles. The third-order valence-electron chi connectivity index (χ3n) is 3.57. The smallest absolute Gasteiger partial charge is 0.127 e. The lowest BCUT2D eigenvalue weighted by Crippen LogP contribution is -2.14. The first-order valence-electron chi connectivity index (χ1n) is 6.72. The van der Waals surface area contributed by atoms with E-state index in [0.29, 0.717) is 12.0 Å². The summed E-state index contributed by atoms with van der Waals surface area (Å²) in [5.74, 6) is -0.235. The topological polar surface area (TPSA) is 26.0 Å². The van der Waals surface area contributed by atoms with E-state index >= 15 is 0 Å². The van der Waals surface area contributed by atoms with Gasteiger partial charge in [-0.1, -0.05) is 60.7 Å². The molecule has 0 aliphatic rings. The summed E-state index contributed by atoms with van der Waals surface area (Å²) in [6.45, 7) is 0. The summed E-state index contributed by atoms with van der Waals surface area (Å²) in [5, 5.41) is 2.39. The van der Waals surface area contributed by atoms with Gasteiger partial charge in [0.05, 0.1) is 0 Å². The first-order chi connectivity index (χ1) is 9.74. The van der Waals surface area contributed by atoms with E-state index in [0.717, 1.165) is 5.56 Å². The highest BCUT2D eigenvalue weighted by atomic mass is 19.1. The van der Waals surface area contributed by atoms with Gasteiger partial charge in [-0.15, -0.1) is 0 Å². The molecule has 0 aromatic heterocycles. The molecule has 3 aromatic rings. The normalized spacial score (nSPS) is 12.5. The zero-order valence-electron chi connectivity index (χ0n) is 11.1. The molecule has 2 heteroatoms. The maximum atomic E-state index is 13.7. The summed E-state index contributed by atoms with van der Waals surface area (Å²) in [5.41, 5.74) is 7.83. The van der Waals surface area contributed by atoms with E-state index in [1.807, 2.05) is 18.2 Å². The number of nitrogens with two attached hydrogens (primary N) is 1. The second-order valence-electron chi connectivity index (χ2n) is 5.01. The summed E-state index contributed by atoms with van der Waals surface area (Å²) in [4.78, 5) is 0. The highest BCUT2D eigenvalue weighted by Crippen LogP contribution is 2.22. The molecule has 0 fully saturated rings. The van der Waals surface area contributed by atoms with Crippen molar-refractivity contribution < 1.29 is 4.39 Å². The van der Waals surface area contributed by atoms with E-state index in [2.05, 4.69) is 30.3 Å². The van der Waals surface area contributed by atoms with Crippen molar-refractivity contribution in [3.8, 4) is 0 Å². The monoisotopic (exact) mass is 265 g/mol. The standard InChI is InChI=1S/C18H16FN/c19-17-8-4-3-7-16(17)18(20)12-13-9-10-14-5-1-2-6-15(14)11-13/h1-11,18H,12,20H2. The Bertz CT molecular complexity index is 736. The molecule has 0 saturated carbocycles.